The van der Waals surface area contributed by atoms with Crippen LogP contribution in [0.1, 0.15) is 0 Å². The summed E-state index contributed by atoms with van der Waals surface area (Å²) in [5.74, 6) is -0.245. The number of hydrogen-bond acceptors (Lipinski definition) is 4. The number of thiazole rings is 1. The first-order valence-electron chi connectivity index (χ1n) is 6.69. The summed E-state index contributed by atoms with van der Waals surface area (Å²) in [6.45, 7) is 0. The van der Waals surface area contributed by atoms with E-state index in [1.807, 2.05) is 23.6 Å². The molecule has 2 aromatic heterocycles. The number of benzene rings is 2. The first-order valence-corrected chi connectivity index (χ1v) is 7.57. The van der Waals surface area contributed by atoms with E-state index in [0.29, 0.717) is 0 Å². The number of hydrogen-bond donors (Lipinski definition) is 2. The van der Waals surface area contributed by atoms with Crippen molar-refractivity contribution in [2.24, 2.45) is 0 Å². The van der Waals surface area contributed by atoms with Gasteiger partial charge in [-0.25, -0.2) is 9.37 Å². The van der Waals surface area contributed by atoms with Crippen LogP contribution in [-0.4, -0.2) is 15.2 Å². The number of aromatic amines is 1. The Morgan fingerprint density at radius 1 is 1.09 bits per heavy atom. The Balaban J connectivity index is 1.59. The molecule has 0 unspecified atom stereocenters. The summed E-state index contributed by atoms with van der Waals surface area (Å²) in [6.07, 6.45) is 1.78. The van der Waals surface area contributed by atoms with Gasteiger partial charge in [0.2, 0.25) is 0 Å². The summed E-state index contributed by atoms with van der Waals surface area (Å²) in [7, 11) is 0. The first kappa shape index (κ1) is 13.0. The van der Waals surface area contributed by atoms with Crippen LogP contribution in [0, 0.1) is 5.82 Å². The maximum atomic E-state index is 13.0. The highest BCUT2D eigenvalue weighted by atomic mass is 32.1. The molecule has 108 valence electrons. The molecule has 0 radical (unpaired) electrons. The van der Waals surface area contributed by atoms with Gasteiger partial charge in [0.05, 0.1) is 17.4 Å². The lowest BCUT2D eigenvalue weighted by Crippen LogP contribution is -1.89. The van der Waals surface area contributed by atoms with Gasteiger partial charge in [0.1, 0.15) is 5.82 Å². The third-order valence-electron chi connectivity index (χ3n) is 3.34. The van der Waals surface area contributed by atoms with Crippen LogP contribution in [-0.2, 0) is 0 Å². The van der Waals surface area contributed by atoms with Crippen molar-refractivity contribution in [2.45, 2.75) is 0 Å². The molecular weight excluding hydrogens is 299 g/mol. The molecule has 0 fully saturated rings. The van der Waals surface area contributed by atoms with E-state index >= 15 is 0 Å². The molecule has 0 saturated carbocycles. The Morgan fingerprint density at radius 3 is 2.82 bits per heavy atom. The standard InChI is InChI=1S/C16H11FN4S/c17-12-3-1-10(2-4-12)15-9-22-16(20-15)19-13-5-6-14-11(7-13)8-18-21-14/h1-9H,(H,18,21)(H,19,20). The first-order chi connectivity index (χ1) is 10.8. The van der Waals surface area contributed by atoms with Crippen molar-refractivity contribution >= 4 is 33.1 Å². The smallest absolute Gasteiger partial charge is 0.187 e. The van der Waals surface area contributed by atoms with E-state index < -0.39 is 0 Å². The van der Waals surface area contributed by atoms with E-state index in [4.69, 9.17) is 0 Å². The van der Waals surface area contributed by atoms with Crippen LogP contribution in [0.4, 0.5) is 15.2 Å². The summed E-state index contributed by atoms with van der Waals surface area (Å²) in [5.41, 5.74) is 3.68. The number of H-pyrrole nitrogens is 1. The second-order valence-corrected chi connectivity index (χ2v) is 5.70. The molecular formula is C16H11FN4S. The van der Waals surface area contributed by atoms with Crippen LogP contribution in [0.5, 0.6) is 0 Å². The molecule has 0 atom stereocenters. The summed E-state index contributed by atoms with van der Waals surface area (Å²) >= 11 is 1.51. The molecule has 0 amide bonds. The SMILES string of the molecule is Fc1ccc(-c2csc(Nc3ccc4[nH]ncc4c3)n2)cc1. The fourth-order valence-electron chi connectivity index (χ4n) is 2.23. The Kier molecular flexibility index (Phi) is 3.08. The maximum absolute atomic E-state index is 13.0. The van der Waals surface area contributed by atoms with E-state index in [0.717, 1.165) is 33.0 Å². The van der Waals surface area contributed by atoms with E-state index in [2.05, 4.69) is 20.5 Å². The highest BCUT2D eigenvalue weighted by molar-refractivity contribution is 7.14. The normalized spacial score (nSPS) is 11.0. The minimum Gasteiger partial charge on any atom is -0.332 e. The molecule has 2 N–H and O–H groups in total. The number of nitrogens with zero attached hydrogens (tertiary/aromatic N) is 2. The molecule has 0 aliphatic carbocycles. The molecule has 0 aliphatic rings. The second-order valence-electron chi connectivity index (χ2n) is 4.84. The third-order valence-corrected chi connectivity index (χ3v) is 4.09. The molecule has 2 aromatic carbocycles. The number of anilines is 2. The zero-order chi connectivity index (χ0) is 14.9. The minimum absolute atomic E-state index is 0.245. The van der Waals surface area contributed by atoms with Gasteiger partial charge in [-0.3, -0.25) is 5.10 Å². The average Bonchev–Trinajstić information content (AvgIpc) is 3.17. The topological polar surface area (TPSA) is 53.6 Å². The lowest BCUT2D eigenvalue weighted by Gasteiger charge is -2.02. The Bertz CT molecular complexity index is 927. The molecule has 0 aliphatic heterocycles. The monoisotopic (exact) mass is 310 g/mol. The zero-order valence-electron chi connectivity index (χ0n) is 11.4. The van der Waals surface area contributed by atoms with E-state index in [9.17, 15) is 4.39 Å². The predicted octanol–water partition coefficient (Wildman–Crippen LogP) is 4.57. The van der Waals surface area contributed by atoms with Crippen LogP contribution in [0.3, 0.4) is 0 Å². The van der Waals surface area contributed by atoms with Gasteiger partial charge in [0.25, 0.3) is 0 Å². The van der Waals surface area contributed by atoms with Crippen molar-refractivity contribution in [3.8, 4) is 11.3 Å². The maximum Gasteiger partial charge on any atom is 0.187 e. The van der Waals surface area contributed by atoms with Gasteiger partial charge >= 0.3 is 0 Å². The van der Waals surface area contributed by atoms with Crippen LogP contribution in [0.2, 0.25) is 0 Å². The van der Waals surface area contributed by atoms with Crippen molar-refractivity contribution in [2.75, 3.05) is 5.32 Å². The fourth-order valence-corrected chi connectivity index (χ4v) is 2.97. The molecule has 22 heavy (non-hydrogen) atoms. The quantitative estimate of drug-likeness (QED) is 0.583. The number of aromatic nitrogens is 3. The number of fused-ring (bicyclic) bond motifs is 1. The lowest BCUT2D eigenvalue weighted by atomic mass is 10.2. The molecule has 4 nitrogen and oxygen atoms in total. The molecule has 0 bridgehead atoms. The largest absolute Gasteiger partial charge is 0.332 e. The predicted molar refractivity (Wildman–Crippen MR) is 86.9 cm³/mol. The van der Waals surface area contributed by atoms with Crippen molar-refractivity contribution in [3.05, 3.63) is 59.9 Å². The summed E-state index contributed by atoms with van der Waals surface area (Å²) < 4.78 is 13.0. The van der Waals surface area contributed by atoms with Gasteiger partial charge in [-0.05, 0) is 42.5 Å². The van der Waals surface area contributed by atoms with Gasteiger partial charge < -0.3 is 5.32 Å². The lowest BCUT2D eigenvalue weighted by molar-refractivity contribution is 0.628. The van der Waals surface area contributed by atoms with Crippen LogP contribution >= 0.6 is 11.3 Å². The van der Waals surface area contributed by atoms with Crippen molar-refractivity contribution in [1.29, 1.82) is 0 Å². The Labute approximate surface area is 129 Å². The van der Waals surface area contributed by atoms with Crippen LogP contribution in [0.15, 0.2) is 54.0 Å². The van der Waals surface area contributed by atoms with E-state index in [1.165, 1.54) is 23.5 Å². The Hall–Kier alpha value is -2.73. The highest BCUT2D eigenvalue weighted by Gasteiger charge is 2.06. The summed E-state index contributed by atoms with van der Waals surface area (Å²) in [5, 5.41) is 14.0. The van der Waals surface area contributed by atoms with Gasteiger partial charge in [0, 0.05) is 22.0 Å². The molecule has 6 heteroatoms. The van der Waals surface area contributed by atoms with Crippen LogP contribution < -0.4 is 5.32 Å². The third kappa shape index (κ3) is 2.44. The van der Waals surface area contributed by atoms with Crippen molar-refractivity contribution < 1.29 is 4.39 Å². The molecule has 4 aromatic rings. The molecule has 0 spiro atoms. The molecule has 0 saturated heterocycles. The highest BCUT2D eigenvalue weighted by Crippen LogP contribution is 2.28. The van der Waals surface area contributed by atoms with Gasteiger partial charge in [-0.1, -0.05) is 0 Å². The van der Waals surface area contributed by atoms with Gasteiger partial charge in [0.15, 0.2) is 5.13 Å². The van der Waals surface area contributed by atoms with Gasteiger partial charge in [-0.15, -0.1) is 11.3 Å². The molecule has 2 heterocycles. The van der Waals surface area contributed by atoms with Crippen molar-refractivity contribution in [3.63, 3.8) is 0 Å². The fraction of sp³-hybridized carbons (Fsp3) is 0. The number of nitrogens with one attached hydrogen (secondary N) is 2. The Morgan fingerprint density at radius 2 is 1.95 bits per heavy atom. The van der Waals surface area contributed by atoms with Crippen LogP contribution in [0.25, 0.3) is 22.2 Å². The number of rotatable bonds is 3. The summed E-state index contributed by atoms with van der Waals surface area (Å²) in [4.78, 5) is 4.53. The second kappa shape index (κ2) is 5.23. The summed E-state index contributed by atoms with van der Waals surface area (Å²) in [6, 6.07) is 12.3. The van der Waals surface area contributed by atoms with Crippen molar-refractivity contribution in [1.82, 2.24) is 15.2 Å². The van der Waals surface area contributed by atoms with E-state index in [-0.39, 0.29) is 5.82 Å². The average molecular weight is 310 g/mol. The van der Waals surface area contributed by atoms with Gasteiger partial charge in [-0.2, -0.15) is 5.10 Å². The van der Waals surface area contributed by atoms with E-state index in [1.54, 1.807) is 18.3 Å². The number of halogens is 1. The molecule has 4 rings (SSSR count). The minimum atomic E-state index is -0.245. The zero-order valence-corrected chi connectivity index (χ0v) is 12.2.